The number of aryl methyl sites for hydroxylation is 1. The Hall–Kier alpha value is -1.34. The molecule has 0 unspecified atom stereocenters. The quantitative estimate of drug-likeness (QED) is 0.734. The van der Waals surface area contributed by atoms with Gasteiger partial charge in [-0.25, -0.2) is 4.98 Å². The van der Waals surface area contributed by atoms with E-state index in [-0.39, 0.29) is 0 Å². The lowest BCUT2D eigenvalue weighted by Gasteiger charge is -2.28. The molecule has 22 heavy (non-hydrogen) atoms. The number of pyridine rings is 1. The second kappa shape index (κ2) is 7.78. The molecule has 0 fully saturated rings. The molecule has 0 spiro atoms. The highest BCUT2D eigenvalue weighted by Gasteiger charge is 2.26. The van der Waals surface area contributed by atoms with Crippen LogP contribution in [0, 0.1) is 6.92 Å². The second-order valence-electron chi connectivity index (χ2n) is 5.01. The zero-order chi connectivity index (χ0) is 16.9. The van der Waals surface area contributed by atoms with Crippen molar-refractivity contribution in [3.63, 3.8) is 0 Å². The summed E-state index contributed by atoms with van der Waals surface area (Å²) in [5, 5.41) is 0. The molecular formula is C15H28N4O2S. The molecule has 126 valence electrons. The molecule has 0 bridgehead atoms. The van der Waals surface area contributed by atoms with Gasteiger partial charge in [-0.2, -0.15) is 12.7 Å². The van der Waals surface area contributed by atoms with E-state index in [1.54, 1.807) is 7.05 Å². The predicted octanol–water partition coefficient (Wildman–Crippen LogP) is 2.26. The maximum absolute atomic E-state index is 12.6. The highest BCUT2D eigenvalue weighted by Crippen LogP contribution is 2.24. The van der Waals surface area contributed by atoms with Crippen molar-refractivity contribution in [1.29, 1.82) is 0 Å². The Bertz CT molecular complexity index is 581. The number of hydrogen-bond acceptors (Lipinski definition) is 4. The third kappa shape index (κ3) is 3.70. The molecule has 0 radical (unpaired) electrons. The molecule has 6 nitrogen and oxygen atoms in total. The van der Waals surface area contributed by atoms with Crippen LogP contribution >= 0.6 is 0 Å². The van der Waals surface area contributed by atoms with Crippen LogP contribution in [0.2, 0.25) is 0 Å². The van der Waals surface area contributed by atoms with E-state index in [0.29, 0.717) is 24.5 Å². The Kier molecular flexibility index (Phi) is 6.62. The molecule has 1 rings (SSSR count). The molecule has 0 aliphatic carbocycles. The molecule has 1 aromatic rings. The van der Waals surface area contributed by atoms with Gasteiger partial charge in [0.15, 0.2) is 0 Å². The van der Waals surface area contributed by atoms with Crippen molar-refractivity contribution in [3.05, 3.63) is 17.8 Å². The van der Waals surface area contributed by atoms with Gasteiger partial charge in [0.2, 0.25) is 0 Å². The largest absolute Gasteiger partial charge is 0.357 e. The van der Waals surface area contributed by atoms with Gasteiger partial charge >= 0.3 is 10.2 Å². The van der Waals surface area contributed by atoms with Gasteiger partial charge in [0.1, 0.15) is 5.82 Å². The summed E-state index contributed by atoms with van der Waals surface area (Å²) < 4.78 is 27.9. The topological polar surface area (TPSA) is 56.8 Å². The minimum absolute atomic E-state index is 0.452. The zero-order valence-electron chi connectivity index (χ0n) is 14.5. The number of hydrogen-bond donors (Lipinski definition) is 0. The molecule has 0 atom stereocenters. The third-order valence-corrected chi connectivity index (χ3v) is 5.91. The smallest absolute Gasteiger partial charge is 0.303 e. The minimum Gasteiger partial charge on any atom is -0.357 e. The Balaban J connectivity index is 3.17. The minimum atomic E-state index is -3.51. The van der Waals surface area contributed by atoms with Crippen LogP contribution in [0.15, 0.2) is 12.1 Å². The van der Waals surface area contributed by atoms with Gasteiger partial charge in [-0.1, -0.05) is 13.8 Å². The van der Waals surface area contributed by atoms with Crippen molar-refractivity contribution in [2.45, 2.75) is 34.6 Å². The Morgan fingerprint density at radius 3 is 1.95 bits per heavy atom. The van der Waals surface area contributed by atoms with Crippen LogP contribution in [0.5, 0.6) is 0 Å². The first-order valence-corrected chi connectivity index (χ1v) is 9.19. The lowest BCUT2D eigenvalue weighted by molar-refractivity contribution is 0.444. The molecule has 0 aromatic carbocycles. The monoisotopic (exact) mass is 328 g/mol. The van der Waals surface area contributed by atoms with Crippen molar-refractivity contribution in [3.8, 4) is 0 Å². The first kappa shape index (κ1) is 18.7. The lowest BCUT2D eigenvalue weighted by Crippen LogP contribution is -2.42. The van der Waals surface area contributed by atoms with Crippen molar-refractivity contribution < 1.29 is 8.42 Å². The van der Waals surface area contributed by atoms with E-state index in [1.807, 2.05) is 32.9 Å². The summed E-state index contributed by atoms with van der Waals surface area (Å²) in [7, 11) is -1.93. The van der Waals surface area contributed by atoms with Crippen LogP contribution in [0.1, 0.15) is 33.4 Å². The van der Waals surface area contributed by atoms with Gasteiger partial charge < -0.3 is 4.90 Å². The molecule has 1 aromatic heterocycles. The average Bonchev–Trinajstić information content (AvgIpc) is 2.49. The molecule has 1 heterocycles. The van der Waals surface area contributed by atoms with Crippen LogP contribution in [-0.2, 0) is 10.2 Å². The molecule has 0 aliphatic heterocycles. The fourth-order valence-electron chi connectivity index (χ4n) is 2.44. The summed E-state index contributed by atoms with van der Waals surface area (Å²) in [6, 6.07) is 3.71. The number of aromatic nitrogens is 1. The number of rotatable bonds is 8. The predicted molar refractivity (Wildman–Crippen MR) is 92.8 cm³/mol. The first-order valence-electron chi connectivity index (χ1n) is 7.79. The van der Waals surface area contributed by atoms with Gasteiger partial charge in [-0.15, -0.1) is 0 Å². The summed E-state index contributed by atoms with van der Waals surface area (Å²) >= 11 is 0. The summed E-state index contributed by atoms with van der Waals surface area (Å²) in [6.45, 7) is 12.3. The van der Waals surface area contributed by atoms with E-state index in [2.05, 4.69) is 23.7 Å². The summed E-state index contributed by atoms with van der Waals surface area (Å²) in [5.74, 6) is 0.875. The van der Waals surface area contributed by atoms with Gasteiger partial charge in [0, 0.05) is 33.2 Å². The average molecular weight is 328 g/mol. The van der Waals surface area contributed by atoms with Gasteiger partial charge in [-0.05, 0) is 32.9 Å². The Morgan fingerprint density at radius 1 is 1.00 bits per heavy atom. The van der Waals surface area contributed by atoms with Crippen molar-refractivity contribution >= 4 is 21.7 Å². The van der Waals surface area contributed by atoms with Crippen LogP contribution < -0.4 is 9.21 Å². The maximum Gasteiger partial charge on any atom is 0.303 e. The van der Waals surface area contributed by atoms with Crippen molar-refractivity contribution in [2.24, 2.45) is 0 Å². The van der Waals surface area contributed by atoms with Crippen LogP contribution in [0.4, 0.5) is 11.5 Å². The maximum atomic E-state index is 12.6. The number of anilines is 2. The molecule has 0 aliphatic rings. The zero-order valence-corrected chi connectivity index (χ0v) is 15.3. The van der Waals surface area contributed by atoms with Crippen molar-refractivity contribution in [1.82, 2.24) is 9.29 Å². The molecular weight excluding hydrogens is 300 g/mol. The van der Waals surface area contributed by atoms with E-state index in [0.717, 1.165) is 18.9 Å². The van der Waals surface area contributed by atoms with Gasteiger partial charge in [-0.3, -0.25) is 4.31 Å². The Labute approximate surface area is 134 Å². The van der Waals surface area contributed by atoms with Crippen LogP contribution in [-0.4, -0.2) is 50.9 Å². The fourth-order valence-corrected chi connectivity index (χ4v) is 3.88. The summed E-state index contributed by atoms with van der Waals surface area (Å²) in [4.78, 5) is 6.70. The highest BCUT2D eigenvalue weighted by atomic mass is 32.2. The first-order chi connectivity index (χ1) is 10.3. The normalized spacial score (nSPS) is 11.8. The summed E-state index contributed by atoms with van der Waals surface area (Å²) in [5.41, 5.74) is 1.32. The molecule has 7 heteroatoms. The second-order valence-corrected chi connectivity index (χ2v) is 6.97. The SMILES string of the molecule is CCN(CC)c1ccc(N(C)S(=O)(=O)N(CC)CC)c(C)n1. The van der Waals surface area contributed by atoms with Crippen molar-refractivity contribution in [2.75, 3.05) is 42.4 Å². The molecule has 0 saturated heterocycles. The molecule has 0 saturated carbocycles. The highest BCUT2D eigenvalue weighted by molar-refractivity contribution is 7.90. The number of nitrogens with zero attached hydrogens (tertiary/aromatic N) is 4. The lowest BCUT2D eigenvalue weighted by atomic mass is 10.3. The summed E-state index contributed by atoms with van der Waals surface area (Å²) in [6.07, 6.45) is 0. The van der Waals surface area contributed by atoms with Gasteiger partial charge in [0.05, 0.1) is 11.4 Å². The third-order valence-electron chi connectivity index (χ3n) is 3.85. The van der Waals surface area contributed by atoms with Gasteiger partial charge in [0.25, 0.3) is 0 Å². The van der Waals surface area contributed by atoms with Crippen LogP contribution in [0.3, 0.4) is 0 Å². The van der Waals surface area contributed by atoms with E-state index in [9.17, 15) is 8.42 Å². The fraction of sp³-hybridized carbons (Fsp3) is 0.667. The van der Waals surface area contributed by atoms with Crippen LogP contribution in [0.25, 0.3) is 0 Å². The molecule has 0 amide bonds. The van der Waals surface area contributed by atoms with E-state index in [4.69, 9.17) is 0 Å². The van der Waals surface area contributed by atoms with E-state index in [1.165, 1.54) is 8.61 Å². The molecule has 0 N–H and O–H groups in total. The Morgan fingerprint density at radius 2 is 1.55 bits per heavy atom. The van der Waals surface area contributed by atoms with E-state index >= 15 is 0 Å². The standard InChI is InChI=1S/C15H28N4O2S/c1-7-18(8-2)15-12-11-14(13(5)16-15)17(6)22(20,21)19(9-3)10-4/h11-12H,7-10H2,1-6H3. The van der Waals surface area contributed by atoms with E-state index < -0.39 is 10.2 Å².